The molecule has 0 radical (unpaired) electrons. The minimum absolute atomic E-state index is 0.0425. The van der Waals surface area contributed by atoms with Crippen LogP contribution in [-0.2, 0) is 12.2 Å². The molecule has 0 amide bonds. The highest BCUT2D eigenvalue weighted by Crippen LogP contribution is 2.44. The summed E-state index contributed by atoms with van der Waals surface area (Å²) in [5.41, 5.74) is 5.16. The zero-order valence-electron chi connectivity index (χ0n) is 10.9. The maximum Gasteiger partial charge on any atom is 0.155 e. The smallest absolute Gasteiger partial charge is 0.155 e. The van der Waals surface area contributed by atoms with Gasteiger partial charge in [-0.25, -0.2) is 4.39 Å². The second-order valence-corrected chi connectivity index (χ2v) is 6.19. The van der Waals surface area contributed by atoms with Crippen LogP contribution in [0.3, 0.4) is 0 Å². The highest BCUT2D eigenvalue weighted by Gasteiger charge is 2.43. The van der Waals surface area contributed by atoms with Gasteiger partial charge in [-0.05, 0) is 42.9 Å². The molecule has 1 saturated carbocycles. The average Bonchev–Trinajstić information content (AvgIpc) is 2.80. The van der Waals surface area contributed by atoms with Crippen LogP contribution >= 0.6 is 15.9 Å². The van der Waals surface area contributed by atoms with E-state index in [0.29, 0.717) is 25.1 Å². The molecule has 2 rings (SSSR count). The number of nitrogens with zero attached hydrogens (tertiary/aromatic N) is 3. The van der Waals surface area contributed by atoms with Crippen molar-refractivity contribution in [1.82, 2.24) is 14.7 Å². The molecular weight excluding hydrogens is 299 g/mol. The van der Waals surface area contributed by atoms with E-state index in [2.05, 4.69) is 25.9 Å². The van der Waals surface area contributed by atoms with Crippen molar-refractivity contribution < 1.29 is 4.39 Å². The molecule has 2 atom stereocenters. The summed E-state index contributed by atoms with van der Waals surface area (Å²) in [5.74, 6) is 0. The fourth-order valence-corrected chi connectivity index (χ4v) is 3.17. The minimum atomic E-state index is -1.33. The molecule has 0 bridgehead atoms. The fraction of sp³-hybridized carbons (Fsp3) is 0.750. The number of halogens is 2. The number of alkyl halides is 1. The Morgan fingerprint density at radius 2 is 2.39 bits per heavy atom. The SMILES string of the molecule is CN(C)CCn1ncc(Br)c1C1(F)CCC(N)C1. The van der Waals surface area contributed by atoms with E-state index in [1.807, 2.05) is 14.1 Å². The van der Waals surface area contributed by atoms with Gasteiger partial charge >= 0.3 is 0 Å². The Bertz CT molecular complexity index is 420. The van der Waals surface area contributed by atoms with E-state index in [-0.39, 0.29) is 6.04 Å². The Labute approximate surface area is 115 Å². The van der Waals surface area contributed by atoms with E-state index in [9.17, 15) is 4.39 Å². The van der Waals surface area contributed by atoms with Gasteiger partial charge < -0.3 is 10.6 Å². The molecule has 18 heavy (non-hydrogen) atoms. The van der Waals surface area contributed by atoms with Crippen LogP contribution in [0.25, 0.3) is 0 Å². The van der Waals surface area contributed by atoms with Gasteiger partial charge in [0, 0.05) is 19.0 Å². The van der Waals surface area contributed by atoms with Gasteiger partial charge in [0.05, 0.1) is 22.9 Å². The van der Waals surface area contributed by atoms with Crippen molar-refractivity contribution in [2.24, 2.45) is 5.73 Å². The quantitative estimate of drug-likeness (QED) is 0.922. The van der Waals surface area contributed by atoms with Crippen molar-refractivity contribution in [3.8, 4) is 0 Å². The van der Waals surface area contributed by atoms with Gasteiger partial charge in [0.2, 0.25) is 0 Å². The highest BCUT2D eigenvalue weighted by molar-refractivity contribution is 9.10. The summed E-state index contributed by atoms with van der Waals surface area (Å²) in [6.45, 7) is 1.53. The van der Waals surface area contributed by atoms with Crippen LogP contribution in [0.15, 0.2) is 10.7 Å². The molecule has 2 N–H and O–H groups in total. The topological polar surface area (TPSA) is 47.1 Å². The van der Waals surface area contributed by atoms with Crippen LogP contribution in [0.5, 0.6) is 0 Å². The lowest BCUT2D eigenvalue weighted by Crippen LogP contribution is -2.27. The van der Waals surface area contributed by atoms with Crippen molar-refractivity contribution in [2.75, 3.05) is 20.6 Å². The van der Waals surface area contributed by atoms with Crippen molar-refractivity contribution >= 4 is 15.9 Å². The molecule has 102 valence electrons. The van der Waals surface area contributed by atoms with Gasteiger partial charge in [0.1, 0.15) is 0 Å². The Kier molecular flexibility index (Phi) is 4.08. The zero-order valence-corrected chi connectivity index (χ0v) is 12.5. The third kappa shape index (κ3) is 2.75. The molecule has 6 heteroatoms. The number of hydrogen-bond acceptors (Lipinski definition) is 3. The molecule has 1 aliphatic rings. The van der Waals surface area contributed by atoms with Gasteiger partial charge in [0.25, 0.3) is 0 Å². The molecule has 0 spiro atoms. The van der Waals surface area contributed by atoms with Gasteiger partial charge in [-0.3, -0.25) is 4.68 Å². The molecule has 0 saturated heterocycles. The van der Waals surface area contributed by atoms with E-state index < -0.39 is 5.67 Å². The van der Waals surface area contributed by atoms with Crippen LogP contribution in [0, 0.1) is 0 Å². The molecule has 1 heterocycles. The molecule has 1 aliphatic carbocycles. The van der Waals surface area contributed by atoms with Crippen LogP contribution in [0.1, 0.15) is 25.0 Å². The molecule has 2 unspecified atom stereocenters. The number of likely N-dealkylation sites (N-methyl/N-ethyl adjacent to an activating group) is 1. The minimum Gasteiger partial charge on any atom is -0.328 e. The van der Waals surface area contributed by atoms with E-state index >= 15 is 0 Å². The summed E-state index contributed by atoms with van der Waals surface area (Å²) in [4.78, 5) is 2.06. The fourth-order valence-electron chi connectivity index (χ4n) is 2.52. The van der Waals surface area contributed by atoms with E-state index in [1.54, 1.807) is 10.9 Å². The van der Waals surface area contributed by atoms with E-state index in [0.717, 1.165) is 17.4 Å². The van der Waals surface area contributed by atoms with Crippen LogP contribution < -0.4 is 5.73 Å². The summed E-state index contributed by atoms with van der Waals surface area (Å²) >= 11 is 3.41. The first-order chi connectivity index (χ1) is 8.42. The lowest BCUT2D eigenvalue weighted by Gasteiger charge is -2.22. The lowest BCUT2D eigenvalue weighted by atomic mass is 10.00. The van der Waals surface area contributed by atoms with Gasteiger partial charge in [0.15, 0.2) is 5.67 Å². The monoisotopic (exact) mass is 318 g/mol. The maximum atomic E-state index is 15.0. The second kappa shape index (κ2) is 5.27. The number of rotatable bonds is 4. The lowest BCUT2D eigenvalue weighted by molar-refractivity contribution is 0.154. The standard InChI is InChI=1S/C12H20BrFN4/c1-17(2)5-6-18-11(10(13)8-16-18)12(14)4-3-9(15)7-12/h8-9H,3-7,15H2,1-2H3. The summed E-state index contributed by atoms with van der Waals surface area (Å²) < 4.78 is 17.5. The summed E-state index contributed by atoms with van der Waals surface area (Å²) in [7, 11) is 3.99. The third-order valence-corrected chi connectivity index (χ3v) is 4.06. The zero-order chi connectivity index (χ0) is 13.3. The predicted molar refractivity (Wildman–Crippen MR) is 73.1 cm³/mol. The van der Waals surface area contributed by atoms with Crippen molar-refractivity contribution in [3.05, 3.63) is 16.4 Å². The Morgan fingerprint density at radius 1 is 1.67 bits per heavy atom. The molecule has 0 aromatic carbocycles. The predicted octanol–water partition coefficient (Wildman–Crippen LogP) is 1.88. The molecule has 1 aromatic rings. The summed E-state index contributed by atoms with van der Waals surface area (Å²) in [5, 5.41) is 4.26. The normalized spacial score (nSPS) is 28.2. The summed E-state index contributed by atoms with van der Waals surface area (Å²) in [6, 6.07) is -0.0425. The van der Waals surface area contributed by atoms with Crippen molar-refractivity contribution in [2.45, 2.75) is 37.5 Å². The van der Waals surface area contributed by atoms with Crippen molar-refractivity contribution in [3.63, 3.8) is 0 Å². The largest absolute Gasteiger partial charge is 0.328 e. The van der Waals surface area contributed by atoms with Crippen LogP contribution in [-0.4, -0.2) is 41.4 Å². The van der Waals surface area contributed by atoms with E-state index in [4.69, 9.17) is 5.73 Å². The van der Waals surface area contributed by atoms with Crippen LogP contribution in [0.4, 0.5) is 4.39 Å². The second-order valence-electron chi connectivity index (χ2n) is 5.34. The van der Waals surface area contributed by atoms with Gasteiger partial charge in [-0.15, -0.1) is 0 Å². The first-order valence-electron chi connectivity index (χ1n) is 6.23. The van der Waals surface area contributed by atoms with Gasteiger partial charge in [-0.1, -0.05) is 0 Å². The number of aromatic nitrogens is 2. The maximum absolute atomic E-state index is 15.0. The van der Waals surface area contributed by atoms with Crippen LogP contribution in [0.2, 0.25) is 0 Å². The molecule has 0 aliphatic heterocycles. The Morgan fingerprint density at radius 3 is 2.94 bits per heavy atom. The third-order valence-electron chi connectivity index (χ3n) is 3.48. The van der Waals surface area contributed by atoms with Crippen molar-refractivity contribution in [1.29, 1.82) is 0 Å². The molecule has 4 nitrogen and oxygen atoms in total. The Hall–Kier alpha value is -0.460. The molecular formula is C12H20BrFN4. The number of hydrogen-bond donors (Lipinski definition) is 1. The molecule has 1 aromatic heterocycles. The Balaban J connectivity index is 2.23. The van der Waals surface area contributed by atoms with Gasteiger partial charge in [-0.2, -0.15) is 5.10 Å². The van der Waals surface area contributed by atoms with E-state index in [1.165, 1.54) is 0 Å². The first kappa shape index (κ1) is 14.0. The summed E-state index contributed by atoms with van der Waals surface area (Å²) in [6.07, 6.45) is 3.29. The molecule has 1 fully saturated rings. The highest BCUT2D eigenvalue weighted by atomic mass is 79.9. The average molecular weight is 319 g/mol. The number of nitrogens with two attached hydrogens (primary N) is 1. The first-order valence-corrected chi connectivity index (χ1v) is 7.03.